The molecule has 1 atom stereocenters. The Labute approximate surface area is 145 Å². The largest absolute Gasteiger partial charge is 0.361 e. The van der Waals surface area contributed by atoms with Crippen molar-refractivity contribution in [3.63, 3.8) is 0 Å². The molecule has 0 bridgehead atoms. The summed E-state index contributed by atoms with van der Waals surface area (Å²) in [4.78, 5) is 11.3. The third kappa shape index (κ3) is 2.39. The van der Waals surface area contributed by atoms with Gasteiger partial charge < -0.3 is 15.7 Å². The molecule has 25 heavy (non-hydrogen) atoms. The molecule has 124 valence electrons. The number of H-pyrrole nitrogens is 2. The van der Waals surface area contributed by atoms with E-state index in [0.717, 1.165) is 33.9 Å². The highest BCUT2D eigenvalue weighted by Gasteiger charge is 2.20. The van der Waals surface area contributed by atoms with E-state index in [2.05, 4.69) is 47.0 Å². The molecule has 2 aromatic carbocycles. The maximum Gasteiger partial charge on any atom is 0.128 e. The van der Waals surface area contributed by atoms with E-state index in [9.17, 15) is 0 Å². The smallest absolute Gasteiger partial charge is 0.128 e. The number of benzene rings is 2. The maximum atomic E-state index is 9.07. The quantitative estimate of drug-likeness (QED) is 0.533. The Balaban J connectivity index is 1.90. The van der Waals surface area contributed by atoms with Gasteiger partial charge in [0.25, 0.3) is 0 Å². The summed E-state index contributed by atoms with van der Waals surface area (Å²) in [5, 5.41) is 10.2. The number of aromatic nitrogens is 3. The van der Waals surface area contributed by atoms with Crippen molar-refractivity contribution in [2.45, 2.75) is 26.3 Å². The molecule has 4 N–H and O–H groups in total. The van der Waals surface area contributed by atoms with Gasteiger partial charge in [0.05, 0.1) is 28.7 Å². The lowest BCUT2D eigenvalue weighted by Gasteiger charge is -2.17. The first-order valence-electron chi connectivity index (χ1n) is 8.37. The topological polar surface area (TPSA) is 94.3 Å². The van der Waals surface area contributed by atoms with Crippen LogP contribution in [0.5, 0.6) is 0 Å². The average Bonchev–Trinajstić information content (AvgIpc) is 3.27. The molecule has 0 saturated carbocycles. The third-order valence-corrected chi connectivity index (χ3v) is 4.78. The number of imidazole rings is 1. The summed E-state index contributed by atoms with van der Waals surface area (Å²) >= 11 is 0. The van der Waals surface area contributed by atoms with Crippen LogP contribution in [-0.4, -0.2) is 15.0 Å². The lowest BCUT2D eigenvalue weighted by atomic mass is 9.92. The Morgan fingerprint density at radius 2 is 2.12 bits per heavy atom. The fraction of sp³-hybridized carbons (Fsp3) is 0.200. The van der Waals surface area contributed by atoms with Crippen LogP contribution in [0, 0.1) is 18.3 Å². The number of nitriles is 1. The second-order valence-electron chi connectivity index (χ2n) is 6.33. The predicted octanol–water partition coefficient (Wildman–Crippen LogP) is 3.83. The van der Waals surface area contributed by atoms with Crippen LogP contribution in [-0.2, 0) is 6.42 Å². The van der Waals surface area contributed by atoms with Crippen molar-refractivity contribution in [1.29, 1.82) is 5.26 Å². The first kappa shape index (κ1) is 15.4. The first-order valence-corrected chi connectivity index (χ1v) is 8.37. The second kappa shape index (κ2) is 5.76. The van der Waals surface area contributed by atoms with Crippen molar-refractivity contribution >= 4 is 21.9 Å². The Hall–Kier alpha value is -3.10. The van der Waals surface area contributed by atoms with Crippen molar-refractivity contribution in [3.8, 4) is 6.07 Å². The highest BCUT2D eigenvalue weighted by Crippen LogP contribution is 2.32. The highest BCUT2D eigenvalue weighted by molar-refractivity contribution is 5.88. The van der Waals surface area contributed by atoms with Crippen LogP contribution in [0.1, 0.15) is 41.0 Å². The number of aromatic amines is 2. The highest BCUT2D eigenvalue weighted by atomic mass is 15.0. The van der Waals surface area contributed by atoms with Crippen LogP contribution in [0.2, 0.25) is 0 Å². The van der Waals surface area contributed by atoms with Gasteiger partial charge in [-0.3, -0.25) is 0 Å². The summed E-state index contributed by atoms with van der Waals surface area (Å²) in [6, 6.07) is 11.5. The Kier molecular flexibility index (Phi) is 3.56. The van der Waals surface area contributed by atoms with Crippen molar-refractivity contribution in [2.75, 3.05) is 0 Å². The molecule has 0 aliphatic rings. The minimum absolute atomic E-state index is 0.355. The molecule has 5 nitrogen and oxygen atoms in total. The number of nitrogens with one attached hydrogen (secondary N) is 2. The lowest BCUT2D eigenvalue weighted by Crippen LogP contribution is -2.16. The molecule has 0 radical (unpaired) electrons. The van der Waals surface area contributed by atoms with Gasteiger partial charge in [-0.1, -0.05) is 13.0 Å². The van der Waals surface area contributed by atoms with Crippen LogP contribution in [0.25, 0.3) is 21.9 Å². The molecule has 2 heterocycles. The summed E-state index contributed by atoms with van der Waals surface area (Å²) in [5.41, 5.74) is 13.6. The number of nitrogens with two attached hydrogens (primary N) is 1. The van der Waals surface area contributed by atoms with Crippen LogP contribution in [0.4, 0.5) is 0 Å². The molecule has 0 amide bonds. The Morgan fingerprint density at radius 1 is 1.28 bits per heavy atom. The van der Waals surface area contributed by atoms with Gasteiger partial charge in [-0.25, -0.2) is 4.98 Å². The zero-order valence-electron chi connectivity index (χ0n) is 14.2. The van der Waals surface area contributed by atoms with Gasteiger partial charge in [-0.2, -0.15) is 5.26 Å². The molecular weight excluding hydrogens is 310 g/mol. The van der Waals surface area contributed by atoms with E-state index in [4.69, 9.17) is 11.0 Å². The first-order chi connectivity index (χ1) is 12.1. The summed E-state index contributed by atoms with van der Waals surface area (Å²) in [6.45, 7) is 4.25. The fourth-order valence-corrected chi connectivity index (χ4v) is 3.55. The maximum absolute atomic E-state index is 9.07. The Bertz CT molecular complexity index is 1130. The van der Waals surface area contributed by atoms with Crippen LogP contribution >= 0.6 is 0 Å². The molecule has 1 unspecified atom stereocenters. The summed E-state index contributed by atoms with van der Waals surface area (Å²) in [7, 11) is 0. The van der Waals surface area contributed by atoms with E-state index in [1.807, 2.05) is 12.3 Å². The molecule has 0 spiro atoms. The molecule has 5 heteroatoms. The fourth-order valence-electron chi connectivity index (χ4n) is 3.55. The molecule has 0 saturated heterocycles. The average molecular weight is 329 g/mol. The van der Waals surface area contributed by atoms with Gasteiger partial charge in [0, 0.05) is 17.1 Å². The van der Waals surface area contributed by atoms with Crippen LogP contribution in [0.15, 0.2) is 36.5 Å². The second-order valence-corrected chi connectivity index (χ2v) is 6.33. The summed E-state index contributed by atoms with van der Waals surface area (Å²) in [5.74, 6) is 0.714. The molecule has 0 fully saturated rings. The minimum Gasteiger partial charge on any atom is -0.361 e. The van der Waals surface area contributed by atoms with Gasteiger partial charge >= 0.3 is 0 Å². The number of aryl methyl sites for hydroxylation is 2. The lowest BCUT2D eigenvalue weighted by molar-refractivity contribution is 0.799. The van der Waals surface area contributed by atoms with Gasteiger partial charge in [0.2, 0.25) is 0 Å². The summed E-state index contributed by atoms with van der Waals surface area (Å²) in [6.07, 6.45) is 2.86. The third-order valence-electron chi connectivity index (χ3n) is 4.78. The standard InChI is InChI=1S/C20H19N5/c1-3-13-8-11(2)19-14(6-7-23-19)17(13)18(22)20-24-15-5-4-12(10-21)9-16(15)25-20/h4-9,18,23H,3,22H2,1-2H3,(H,24,25). The van der Waals surface area contributed by atoms with Crippen LogP contribution in [0.3, 0.4) is 0 Å². The predicted molar refractivity (Wildman–Crippen MR) is 99.3 cm³/mol. The minimum atomic E-state index is -0.355. The van der Waals surface area contributed by atoms with E-state index in [1.54, 1.807) is 12.1 Å². The SMILES string of the molecule is CCc1cc(C)c2[nH]ccc2c1C(N)c1nc2ccc(C#N)cc2[nH]1. The van der Waals surface area contributed by atoms with Gasteiger partial charge in [0.1, 0.15) is 5.82 Å². The summed E-state index contributed by atoms with van der Waals surface area (Å²) < 4.78 is 0. The number of hydrogen-bond donors (Lipinski definition) is 3. The van der Waals surface area contributed by atoms with E-state index in [-0.39, 0.29) is 6.04 Å². The molecular formula is C20H19N5. The number of fused-ring (bicyclic) bond motifs is 2. The van der Waals surface area contributed by atoms with E-state index in [1.165, 1.54) is 11.1 Å². The Morgan fingerprint density at radius 3 is 2.88 bits per heavy atom. The normalized spacial score (nSPS) is 12.6. The zero-order valence-corrected chi connectivity index (χ0v) is 14.2. The number of nitrogens with zero attached hydrogens (tertiary/aromatic N) is 2. The van der Waals surface area contributed by atoms with Gasteiger partial charge in [-0.05, 0) is 54.3 Å². The molecule has 0 aliphatic heterocycles. The van der Waals surface area contributed by atoms with Gasteiger partial charge in [0.15, 0.2) is 0 Å². The van der Waals surface area contributed by atoms with Crippen molar-refractivity contribution in [1.82, 2.24) is 15.0 Å². The van der Waals surface area contributed by atoms with Crippen molar-refractivity contribution < 1.29 is 0 Å². The number of hydrogen-bond acceptors (Lipinski definition) is 3. The van der Waals surface area contributed by atoms with E-state index in [0.29, 0.717) is 11.4 Å². The van der Waals surface area contributed by atoms with E-state index >= 15 is 0 Å². The van der Waals surface area contributed by atoms with Crippen molar-refractivity contribution in [3.05, 3.63) is 64.6 Å². The van der Waals surface area contributed by atoms with Crippen LogP contribution < -0.4 is 5.73 Å². The molecule has 4 rings (SSSR count). The molecule has 2 aromatic heterocycles. The van der Waals surface area contributed by atoms with E-state index < -0.39 is 0 Å². The van der Waals surface area contributed by atoms with Gasteiger partial charge in [-0.15, -0.1) is 0 Å². The molecule has 4 aromatic rings. The zero-order chi connectivity index (χ0) is 17.6. The molecule has 0 aliphatic carbocycles. The van der Waals surface area contributed by atoms with Crippen molar-refractivity contribution in [2.24, 2.45) is 5.73 Å². The monoisotopic (exact) mass is 329 g/mol. The number of rotatable bonds is 3.